The maximum absolute atomic E-state index is 12.7. The molecule has 0 aliphatic heterocycles. The van der Waals surface area contributed by atoms with Crippen LogP contribution in [0.15, 0.2) is 42.5 Å². The first kappa shape index (κ1) is 20.6. The standard InChI is InChI=1S/C21H27NO5/c1-6-21(22-2,16-10-8-7-9-11-16)14-27-20(23)15-12-17(24-3)19(26-5)18(13-15)25-4/h7-13,22H,6,14H2,1-5H3/t21-/m1/s1. The molecule has 0 spiro atoms. The zero-order valence-corrected chi connectivity index (χ0v) is 16.5. The number of esters is 1. The lowest BCUT2D eigenvalue weighted by Gasteiger charge is -2.32. The van der Waals surface area contributed by atoms with Crippen molar-refractivity contribution in [3.8, 4) is 17.2 Å². The average molecular weight is 373 g/mol. The molecule has 1 N–H and O–H groups in total. The molecule has 0 aliphatic carbocycles. The molecule has 0 amide bonds. The Morgan fingerprint density at radius 3 is 2.04 bits per heavy atom. The van der Waals surface area contributed by atoms with Gasteiger partial charge in [-0.3, -0.25) is 0 Å². The summed E-state index contributed by atoms with van der Waals surface area (Å²) in [7, 11) is 6.39. The van der Waals surface area contributed by atoms with Gasteiger partial charge in [-0.15, -0.1) is 0 Å². The first-order valence-electron chi connectivity index (χ1n) is 8.76. The second-order valence-corrected chi connectivity index (χ2v) is 6.04. The Kier molecular flexibility index (Phi) is 7.07. The lowest BCUT2D eigenvalue weighted by Crippen LogP contribution is -2.44. The number of rotatable bonds is 9. The summed E-state index contributed by atoms with van der Waals surface area (Å²) in [5, 5.41) is 3.31. The highest BCUT2D eigenvalue weighted by atomic mass is 16.5. The number of carbonyl (C=O) groups is 1. The van der Waals surface area contributed by atoms with Gasteiger partial charge < -0.3 is 24.3 Å². The zero-order chi connectivity index (χ0) is 19.9. The van der Waals surface area contributed by atoms with Gasteiger partial charge in [-0.05, 0) is 31.2 Å². The van der Waals surface area contributed by atoms with Crippen LogP contribution in [0.5, 0.6) is 17.2 Å². The topological polar surface area (TPSA) is 66.0 Å². The normalized spacial score (nSPS) is 12.8. The highest BCUT2D eigenvalue weighted by Gasteiger charge is 2.30. The van der Waals surface area contributed by atoms with Gasteiger partial charge in [0.05, 0.1) is 32.4 Å². The predicted octanol–water partition coefficient (Wildman–Crippen LogP) is 3.39. The molecule has 2 rings (SSSR count). The molecular weight excluding hydrogens is 346 g/mol. The van der Waals surface area contributed by atoms with Gasteiger partial charge in [-0.2, -0.15) is 0 Å². The summed E-state index contributed by atoms with van der Waals surface area (Å²) in [4.78, 5) is 12.7. The van der Waals surface area contributed by atoms with E-state index in [-0.39, 0.29) is 6.61 Å². The van der Waals surface area contributed by atoms with Crippen LogP contribution in [-0.2, 0) is 10.3 Å². The van der Waals surface area contributed by atoms with Gasteiger partial charge in [0.25, 0.3) is 0 Å². The van der Waals surface area contributed by atoms with Crippen LogP contribution in [-0.4, -0.2) is 41.0 Å². The number of ether oxygens (including phenoxy) is 4. The van der Waals surface area contributed by atoms with Crippen molar-refractivity contribution in [2.45, 2.75) is 18.9 Å². The summed E-state index contributed by atoms with van der Waals surface area (Å²) in [6.45, 7) is 2.25. The van der Waals surface area contributed by atoms with Gasteiger partial charge in [0.2, 0.25) is 5.75 Å². The minimum absolute atomic E-state index is 0.194. The van der Waals surface area contributed by atoms with Crippen molar-refractivity contribution < 1.29 is 23.7 Å². The molecule has 0 unspecified atom stereocenters. The summed E-state index contributed by atoms with van der Waals surface area (Å²) in [5.74, 6) is 0.779. The van der Waals surface area contributed by atoms with E-state index in [0.717, 1.165) is 12.0 Å². The summed E-state index contributed by atoms with van der Waals surface area (Å²) in [6.07, 6.45) is 0.760. The fourth-order valence-corrected chi connectivity index (χ4v) is 3.01. The van der Waals surface area contributed by atoms with Crippen LogP contribution in [0, 0.1) is 0 Å². The molecule has 1 atom stereocenters. The summed E-state index contributed by atoms with van der Waals surface area (Å²) in [6, 6.07) is 13.1. The van der Waals surface area contributed by atoms with Gasteiger partial charge in [0.1, 0.15) is 6.61 Å². The van der Waals surface area contributed by atoms with Crippen molar-refractivity contribution in [1.29, 1.82) is 0 Å². The Morgan fingerprint density at radius 1 is 1.00 bits per heavy atom. The van der Waals surface area contributed by atoms with E-state index in [1.165, 1.54) is 21.3 Å². The van der Waals surface area contributed by atoms with E-state index in [1.807, 2.05) is 37.4 Å². The second kappa shape index (κ2) is 9.28. The zero-order valence-electron chi connectivity index (χ0n) is 16.5. The number of benzene rings is 2. The molecule has 0 bridgehead atoms. The molecule has 2 aromatic carbocycles. The van der Waals surface area contributed by atoms with E-state index in [9.17, 15) is 4.79 Å². The third-order valence-corrected chi connectivity index (χ3v) is 4.76. The Balaban J connectivity index is 2.26. The molecule has 146 valence electrons. The van der Waals surface area contributed by atoms with Crippen LogP contribution in [0.25, 0.3) is 0 Å². The van der Waals surface area contributed by atoms with Gasteiger partial charge in [0.15, 0.2) is 11.5 Å². The Morgan fingerprint density at radius 2 is 1.59 bits per heavy atom. The molecule has 6 nitrogen and oxygen atoms in total. The predicted molar refractivity (Wildman–Crippen MR) is 104 cm³/mol. The molecule has 0 fully saturated rings. The van der Waals surface area contributed by atoms with Crippen LogP contribution in [0.2, 0.25) is 0 Å². The highest BCUT2D eigenvalue weighted by molar-refractivity contribution is 5.91. The van der Waals surface area contributed by atoms with E-state index in [2.05, 4.69) is 12.2 Å². The van der Waals surface area contributed by atoms with Gasteiger partial charge in [0, 0.05) is 0 Å². The van der Waals surface area contributed by atoms with Crippen LogP contribution in [0.4, 0.5) is 0 Å². The van der Waals surface area contributed by atoms with E-state index >= 15 is 0 Å². The van der Waals surface area contributed by atoms with E-state index in [4.69, 9.17) is 18.9 Å². The molecule has 0 radical (unpaired) electrons. The maximum atomic E-state index is 12.7. The molecule has 0 aromatic heterocycles. The van der Waals surface area contributed by atoms with Crippen molar-refractivity contribution in [1.82, 2.24) is 5.32 Å². The molecule has 6 heteroatoms. The molecule has 0 saturated carbocycles. The van der Waals surface area contributed by atoms with Crippen LogP contribution < -0.4 is 19.5 Å². The third kappa shape index (κ3) is 4.34. The number of hydrogen-bond acceptors (Lipinski definition) is 6. The molecule has 0 aliphatic rings. The van der Waals surface area contributed by atoms with Gasteiger partial charge in [-0.25, -0.2) is 4.79 Å². The van der Waals surface area contributed by atoms with Crippen molar-refractivity contribution in [2.75, 3.05) is 35.0 Å². The number of nitrogens with one attached hydrogen (secondary N) is 1. The second-order valence-electron chi connectivity index (χ2n) is 6.04. The van der Waals surface area contributed by atoms with E-state index in [1.54, 1.807) is 12.1 Å². The maximum Gasteiger partial charge on any atom is 0.338 e. The van der Waals surface area contributed by atoms with Gasteiger partial charge >= 0.3 is 5.97 Å². The minimum Gasteiger partial charge on any atom is -0.493 e. The van der Waals surface area contributed by atoms with Crippen LogP contribution in [0.3, 0.4) is 0 Å². The molecule has 27 heavy (non-hydrogen) atoms. The SMILES string of the molecule is CC[C@](COC(=O)c1cc(OC)c(OC)c(OC)c1)(NC)c1ccccc1. The number of likely N-dealkylation sites (N-methyl/N-ethyl adjacent to an activating group) is 1. The lowest BCUT2D eigenvalue weighted by atomic mass is 9.88. The lowest BCUT2D eigenvalue weighted by molar-refractivity contribution is 0.0360. The van der Waals surface area contributed by atoms with Gasteiger partial charge in [-0.1, -0.05) is 37.3 Å². The summed E-state index contributed by atoms with van der Waals surface area (Å²) in [5.41, 5.74) is 0.934. The summed E-state index contributed by atoms with van der Waals surface area (Å²) >= 11 is 0. The quantitative estimate of drug-likeness (QED) is 0.680. The third-order valence-electron chi connectivity index (χ3n) is 4.76. The number of methoxy groups -OCH3 is 3. The Labute approximate surface area is 160 Å². The fraction of sp³-hybridized carbons (Fsp3) is 0.381. The number of carbonyl (C=O) groups excluding carboxylic acids is 1. The van der Waals surface area contributed by atoms with E-state index < -0.39 is 11.5 Å². The Hall–Kier alpha value is -2.73. The first-order valence-corrected chi connectivity index (χ1v) is 8.76. The van der Waals surface area contributed by atoms with Crippen molar-refractivity contribution >= 4 is 5.97 Å². The Bertz CT molecular complexity index is 731. The largest absolute Gasteiger partial charge is 0.493 e. The van der Waals surface area contributed by atoms with Crippen molar-refractivity contribution in [2.24, 2.45) is 0 Å². The average Bonchev–Trinajstić information content (AvgIpc) is 2.74. The molecule has 0 saturated heterocycles. The van der Waals surface area contributed by atoms with Crippen LogP contribution in [0.1, 0.15) is 29.3 Å². The molecular formula is C21H27NO5. The molecule has 2 aromatic rings. The minimum atomic E-state index is -0.461. The van der Waals surface area contributed by atoms with Crippen LogP contribution >= 0.6 is 0 Å². The van der Waals surface area contributed by atoms with Crippen molar-refractivity contribution in [3.05, 3.63) is 53.6 Å². The highest BCUT2D eigenvalue weighted by Crippen LogP contribution is 2.38. The first-order chi connectivity index (χ1) is 13.0. The number of hydrogen-bond donors (Lipinski definition) is 1. The fourth-order valence-electron chi connectivity index (χ4n) is 3.01. The monoisotopic (exact) mass is 373 g/mol. The molecule has 0 heterocycles. The van der Waals surface area contributed by atoms with Crippen molar-refractivity contribution in [3.63, 3.8) is 0 Å². The smallest absolute Gasteiger partial charge is 0.338 e. The summed E-state index contributed by atoms with van der Waals surface area (Å²) < 4.78 is 21.5. The van der Waals surface area contributed by atoms with E-state index in [0.29, 0.717) is 22.8 Å².